The number of nitrogens with zero attached hydrogens (tertiary/aromatic N) is 1. The van der Waals surface area contributed by atoms with Crippen LogP contribution in [0, 0.1) is 17.3 Å². The van der Waals surface area contributed by atoms with Crippen LogP contribution in [-0.2, 0) is 6.54 Å². The number of fused-ring (bicyclic) bond motifs is 1. The van der Waals surface area contributed by atoms with Crippen LogP contribution >= 0.6 is 0 Å². The molecule has 120 valence electrons. The zero-order chi connectivity index (χ0) is 16.7. The lowest BCUT2D eigenvalue weighted by atomic mass is 9.91. The van der Waals surface area contributed by atoms with Gasteiger partial charge in [-0.2, -0.15) is 0 Å². The maximum Gasteiger partial charge on any atom is 0.0259 e. The molecule has 0 radical (unpaired) electrons. The number of hydrogen-bond donors (Lipinski definition) is 0. The van der Waals surface area contributed by atoms with Gasteiger partial charge in [-0.1, -0.05) is 67.3 Å². The monoisotopic (exact) mass is 305 g/mol. The van der Waals surface area contributed by atoms with E-state index in [1.165, 1.54) is 16.3 Å². The van der Waals surface area contributed by atoms with E-state index in [1.807, 2.05) is 6.08 Å². The van der Waals surface area contributed by atoms with Crippen molar-refractivity contribution in [2.45, 2.75) is 33.7 Å². The first kappa shape index (κ1) is 17.3. The lowest BCUT2D eigenvalue weighted by Gasteiger charge is -2.16. The molecule has 0 aromatic heterocycles. The Morgan fingerprint density at radius 2 is 1.83 bits per heavy atom. The minimum absolute atomic E-state index is 0.110. The van der Waals surface area contributed by atoms with Gasteiger partial charge in [-0.25, -0.2) is 0 Å². The zero-order valence-electron chi connectivity index (χ0n) is 14.8. The van der Waals surface area contributed by atoms with E-state index in [-0.39, 0.29) is 5.41 Å². The van der Waals surface area contributed by atoms with Crippen molar-refractivity contribution in [3.8, 4) is 11.8 Å². The molecule has 2 aromatic carbocycles. The summed E-state index contributed by atoms with van der Waals surface area (Å²) in [6.07, 6.45) is 5.20. The third kappa shape index (κ3) is 5.27. The number of likely N-dealkylation sites (N-methyl/N-ethyl adjacent to an activating group) is 1. The summed E-state index contributed by atoms with van der Waals surface area (Å²) in [5.74, 6) is 6.47. The molecule has 0 saturated carbocycles. The minimum Gasteiger partial charge on any atom is -0.298 e. The van der Waals surface area contributed by atoms with E-state index >= 15 is 0 Å². The van der Waals surface area contributed by atoms with Crippen LogP contribution in [0.5, 0.6) is 0 Å². The quantitative estimate of drug-likeness (QED) is 0.680. The molecule has 1 heteroatoms. The van der Waals surface area contributed by atoms with Crippen LogP contribution in [0.4, 0.5) is 0 Å². The van der Waals surface area contributed by atoms with E-state index < -0.39 is 0 Å². The fraction of sp³-hybridized carbons (Fsp3) is 0.364. The molecular formula is C22H27N. The van der Waals surface area contributed by atoms with Crippen LogP contribution in [0.3, 0.4) is 0 Å². The van der Waals surface area contributed by atoms with E-state index in [4.69, 9.17) is 0 Å². The Balaban J connectivity index is 1.96. The summed E-state index contributed by atoms with van der Waals surface area (Å²) >= 11 is 0. The SMILES string of the molecule is CCC(C)(C)C#C/C=C/CN(C)Cc1cccc2ccccc12. The van der Waals surface area contributed by atoms with Gasteiger partial charge < -0.3 is 0 Å². The predicted molar refractivity (Wildman–Crippen MR) is 101 cm³/mol. The lowest BCUT2D eigenvalue weighted by Crippen LogP contribution is -2.17. The topological polar surface area (TPSA) is 3.24 Å². The molecule has 2 aromatic rings. The summed E-state index contributed by atoms with van der Waals surface area (Å²) in [7, 11) is 2.15. The molecule has 0 atom stereocenters. The minimum atomic E-state index is 0.110. The standard InChI is InChI=1S/C22H27N/c1-5-22(2,3)16-9-6-10-17-23(4)18-20-14-11-13-19-12-7-8-15-21(19)20/h6-8,10-15H,5,17-18H2,1-4H3/b10-6+. The normalized spacial score (nSPS) is 11.9. The number of allylic oxidation sites excluding steroid dienone is 1. The van der Waals surface area contributed by atoms with E-state index in [1.54, 1.807) is 0 Å². The van der Waals surface area contributed by atoms with Gasteiger partial charge in [0, 0.05) is 18.5 Å². The number of benzene rings is 2. The Morgan fingerprint density at radius 3 is 2.61 bits per heavy atom. The molecule has 0 bridgehead atoms. The van der Waals surface area contributed by atoms with Crippen molar-refractivity contribution in [1.29, 1.82) is 0 Å². The van der Waals surface area contributed by atoms with E-state index in [2.05, 4.69) is 93.1 Å². The van der Waals surface area contributed by atoms with Crippen LogP contribution in [-0.4, -0.2) is 18.5 Å². The largest absolute Gasteiger partial charge is 0.298 e. The third-order valence-electron chi connectivity index (χ3n) is 4.23. The Labute approximate surface area is 141 Å². The van der Waals surface area contributed by atoms with E-state index in [0.29, 0.717) is 0 Å². The highest BCUT2D eigenvalue weighted by molar-refractivity contribution is 5.85. The Hall–Kier alpha value is -2.04. The Kier molecular flexibility index (Phi) is 6.02. The summed E-state index contributed by atoms with van der Waals surface area (Å²) < 4.78 is 0. The summed E-state index contributed by atoms with van der Waals surface area (Å²) in [6.45, 7) is 8.39. The predicted octanol–water partition coefficient (Wildman–Crippen LogP) is 5.27. The molecule has 0 unspecified atom stereocenters. The number of rotatable bonds is 5. The second-order valence-electron chi connectivity index (χ2n) is 6.74. The third-order valence-corrected chi connectivity index (χ3v) is 4.23. The molecule has 0 aliphatic heterocycles. The maximum absolute atomic E-state index is 3.30. The smallest absolute Gasteiger partial charge is 0.0259 e. The van der Waals surface area contributed by atoms with E-state index in [9.17, 15) is 0 Å². The highest BCUT2D eigenvalue weighted by Gasteiger charge is 2.09. The van der Waals surface area contributed by atoms with Gasteiger partial charge in [-0.3, -0.25) is 4.90 Å². The van der Waals surface area contributed by atoms with Crippen molar-refractivity contribution in [2.75, 3.05) is 13.6 Å². The van der Waals surface area contributed by atoms with Crippen molar-refractivity contribution >= 4 is 10.8 Å². The first-order valence-electron chi connectivity index (χ1n) is 8.35. The first-order chi connectivity index (χ1) is 11.0. The molecule has 0 fully saturated rings. The molecule has 0 aliphatic rings. The fourth-order valence-corrected chi connectivity index (χ4v) is 2.40. The molecule has 0 heterocycles. The molecule has 0 saturated heterocycles. The fourth-order valence-electron chi connectivity index (χ4n) is 2.40. The van der Waals surface area contributed by atoms with Gasteiger partial charge in [0.1, 0.15) is 0 Å². The second kappa shape index (κ2) is 7.99. The van der Waals surface area contributed by atoms with Crippen LogP contribution in [0.1, 0.15) is 32.8 Å². The first-order valence-corrected chi connectivity index (χ1v) is 8.35. The molecule has 2 rings (SSSR count). The average Bonchev–Trinajstić information content (AvgIpc) is 2.55. The van der Waals surface area contributed by atoms with Gasteiger partial charge in [0.15, 0.2) is 0 Å². The maximum atomic E-state index is 3.30. The molecule has 0 spiro atoms. The molecular weight excluding hydrogens is 278 g/mol. The Bertz CT molecular complexity index is 723. The van der Waals surface area contributed by atoms with Gasteiger partial charge in [0.05, 0.1) is 0 Å². The molecule has 0 aliphatic carbocycles. The molecule has 0 amide bonds. The molecule has 0 N–H and O–H groups in total. The summed E-state index contributed by atoms with van der Waals surface area (Å²) in [6, 6.07) is 15.1. The van der Waals surface area contributed by atoms with Crippen molar-refractivity contribution in [2.24, 2.45) is 5.41 Å². The van der Waals surface area contributed by atoms with Crippen LogP contribution in [0.2, 0.25) is 0 Å². The van der Waals surface area contributed by atoms with Crippen LogP contribution < -0.4 is 0 Å². The highest BCUT2D eigenvalue weighted by atomic mass is 15.1. The highest BCUT2D eigenvalue weighted by Crippen LogP contribution is 2.19. The van der Waals surface area contributed by atoms with Crippen molar-refractivity contribution < 1.29 is 0 Å². The van der Waals surface area contributed by atoms with Gasteiger partial charge in [-0.05, 0) is 49.7 Å². The molecule has 23 heavy (non-hydrogen) atoms. The Morgan fingerprint density at radius 1 is 1.09 bits per heavy atom. The summed E-state index contributed by atoms with van der Waals surface area (Å²) in [5, 5.41) is 2.65. The van der Waals surface area contributed by atoms with Crippen LogP contribution in [0.25, 0.3) is 10.8 Å². The zero-order valence-corrected chi connectivity index (χ0v) is 14.8. The second-order valence-corrected chi connectivity index (χ2v) is 6.74. The summed E-state index contributed by atoms with van der Waals surface area (Å²) in [4.78, 5) is 2.31. The summed E-state index contributed by atoms with van der Waals surface area (Å²) in [5.41, 5.74) is 1.48. The number of hydrogen-bond acceptors (Lipinski definition) is 1. The van der Waals surface area contributed by atoms with Gasteiger partial charge >= 0.3 is 0 Å². The average molecular weight is 305 g/mol. The lowest BCUT2D eigenvalue weighted by molar-refractivity contribution is 0.365. The van der Waals surface area contributed by atoms with Gasteiger partial charge in [-0.15, -0.1) is 0 Å². The van der Waals surface area contributed by atoms with E-state index in [0.717, 1.165) is 19.5 Å². The van der Waals surface area contributed by atoms with Crippen molar-refractivity contribution in [1.82, 2.24) is 4.90 Å². The molecule has 1 nitrogen and oxygen atoms in total. The van der Waals surface area contributed by atoms with Gasteiger partial charge in [0.2, 0.25) is 0 Å². The van der Waals surface area contributed by atoms with Gasteiger partial charge in [0.25, 0.3) is 0 Å². The van der Waals surface area contributed by atoms with Crippen molar-refractivity contribution in [3.63, 3.8) is 0 Å². The van der Waals surface area contributed by atoms with Crippen LogP contribution in [0.15, 0.2) is 54.6 Å². The van der Waals surface area contributed by atoms with Crippen molar-refractivity contribution in [3.05, 3.63) is 60.2 Å².